The number of halogens is 3. The monoisotopic (exact) mass is 339 g/mol. The van der Waals surface area contributed by atoms with Gasteiger partial charge in [-0.3, -0.25) is 0 Å². The maximum atomic E-state index is 6.01. The van der Waals surface area contributed by atoms with Crippen molar-refractivity contribution in [3.05, 3.63) is 27.2 Å². The lowest BCUT2D eigenvalue weighted by Gasteiger charge is -2.10. The van der Waals surface area contributed by atoms with E-state index in [9.17, 15) is 0 Å². The van der Waals surface area contributed by atoms with Crippen molar-refractivity contribution < 1.29 is 9.47 Å². The molecule has 0 heterocycles. The van der Waals surface area contributed by atoms with Gasteiger partial charge in [0, 0.05) is 25.8 Å². The minimum Gasteiger partial charge on any atom is -0.491 e. The number of unbranched alkanes of at least 4 members (excludes halogenated alkanes) is 1. The van der Waals surface area contributed by atoms with Gasteiger partial charge in [0.25, 0.3) is 0 Å². The van der Waals surface area contributed by atoms with Crippen LogP contribution in [0, 0.1) is 0 Å². The quantitative estimate of drug-likeness (QED) is 0.505. The van der Waals surface area contributed by atoms with Crippen molar-refractivity contribution >= 4 is 34.8 Å². The van der Waals surface area contributed by atoms with Crippen LogP contribution in [0.3, 0.4) is 0 Å². The maximum absolute atomic E-state index is 6.01. The van der Waals surface area contributed by atoms with Crippen LogP contribution in [-0.2, 0) is 4.74 Å². The number of ether oxygens (including phenoxy) is 2. The lowest BCUT2D eigenvalue weighted by molar-refractivity contribution is 0.143. The van der Waals surface area contributed by atoms with Gasteiger partial charge in [0.15, 0.2) is 0 Å². The first-order valence-electron chi connectivity index (χ1n) is 6.71. The second-order valence-corrected chi connectivity index (χ2v) is 5.42. The standard InChI is InChI=1S/C14H20Cl3NO2/c1-2-19-7-4-3-5-18-6-8-20-14-10-12(16)11(15)9-13(14)17/h9-10,18H,2-8H2,1H3. The molecule has 1 aromatic carbocycles. The summed E-state index contributed by atoms with van der Waals surface area (Å²) in [7, 11) is 0. The van der Waals surface area contributed by atoms with Gasteiger partial charge in [0.1, 0.15) is 12.4 Å². The van der Waals surface area contributed by atoms with Crippen LogP contribution in [0.15, 0.2) is 12.1 Å². The molecule has 0 fully saturated rings. The molecule has 0 amide bonds. The summed E-state index contributed by atoms with van der Waals surface area (Å²) < 4.78 is 10.8. The second-order valence-electron chi connectivity index (χ2n) is 4.20. The SMILES string of the molecule is CCOCCCCNCCOc1cc(Cl)c(Cl)cc1Cl. The van der Waals surface area contributed by atoms with Crippen LogP contribution in [-0.4, -0.2) is 32.9 Å². The number of hydrogen-bond donors (Lipinski definition) is 1. The molecule has 0 spiro atoms. The minimum absolute atomic E-state index is 0.427. The highest BCUT2D eigenvalue weighted by Gasteiger charge is 2.06. The normalized spacial score (nSPS) is 10.8. The van der Waals surface area contributed by atoms with E-state index >= 15 is 0 Å². The molecule has 1 rings (SSSR count). The summed E-state index contributed by atoms with van der Waals surface area (Å²) in [6.45, 7) is 5.85. The van der Waals surface area contributed by atoms with Crippen LogP contribution in [0.1, 0.15) is 19.8 Å². The summed E-state index contributed by atoms with van der Waals surface area (Å²) in [6, 6.07) is 3.22. The van der Waals surface area contributed by atoms with Gasteiger partial charge in [-0.2, -0.15) is 0 Å². The molecule has 0 aliphatic heterocycles. The van der Waals surface area contributed by atoms with E-state index in [1.807, 2.05) is 6.92 Å². The zero-order valence-electron chi connectivity index (χ0n) is 11.6. The van der Waals surface area contributed by atoms with E-state index < -0.39 is 0 Å². The Morgan fingerprint density at radius 3 is 2.45 bits per heavy atom. The Balaban J connectivity index is 2.11. The first-order valence-corrected chi connectivity index (χ1v) is 7.84. The fourth-order valence-corrected chi connectivity index (χ4v) is 2.16. The molecule has 0 bridgehead atoms. The third kappa shape index (κ3) is 7.00. The minimum atomic E-state index is 0.427. The summed E-state index contributed by atoms with van der Waals surface area (Å²) in [4.78, 5) is 0. The summed E-state index contributed by atoms with van der Waals surface area (Å²) in [5, 5.41) is 4.63. The molecular weight excluding hydrogens is 321 g/mol. The number of hydrogen-bond acceptors (Lipinski definition) is 3. The first-order chi connectivity index (χ1) is 9.65. The Kier molecular flexibility index (Phi) is 9.40. The topological polar surface area (TPSA) is 30.5 Å². The van der Waals surface area contributed by atoms with Gasteiger partial charge in [0.2, 0.25) is 0 Å². The number of rotatable bonds is 10. The molecule has 0 saturated heterocycles. The molecule has 0 aromatic heterocycles. The summed E-state index contributed by atoms with van der Waals surface area (Å²) >= 11 is 17.8. The fraction of sp³-hybridized carbons (Fsp3) is 0.571. The molecule has 3 nitrogen and oxygen atoms in total. The predicted molar refractivity (Wildman–Crippen MR) is 85.6 cm³/mol. The highest BCUT2D eigenvalue weighted by atomic mass is 35.5. The Morgan fingerprint density at radius 2 is 1.70 bits per heavy atom. The lowest BCUT2D eigenvalue weighted by Crippen LogP contribution is -2.22. The molecule has 1 N–H and O–H groups in total. The highest BCUT2D eigenvalue weighted by Crippen LogP contribution is 2.33. The summed E-state index contributed by atoms with van der Waals surface area (Å²) in [5.74, 6) is 0.555. The van der Waals surface area contributed by atoms with Crippen molar-refractivity contribution in [3.8, 4) is 5.75 Å². The summed E-state index contributed by atoms with van der Waals surface area (Å²) in [6.07, 6.45) is 2.16. The Labute approximate surface area is 135 Å². The number of nitrogens with one attached hydrogen (secondary N) is 1. The third-order valence-electron chi connectivity index (χ3n) is 2.61. The van der Waals surface area contributed by atoms with Gasteiger partial charge in [-0.05, 0) is 32.4 Å². The van der Waals surface area contributed by atoms with Crippen LogP contribution >= 0.6 is 34.8 Å². The van der Waals surface area contributed by atoms with Crippen LogP contribution in [0.5, 0.6) is 5.75 Å². The molecule has 114 valence electrons. The van der Waals surface area contributed by atoms with Crippen LogP contribution in [0.2, 0.25) is 15.1 Å². The maximum Gasteiger partial charge on any atom is 0.139 e. The molecule has 0 aliphatic carbocycles. The molecule has 0 aliphatic rings. The predicted octanol–water partition coefficient (Wildman–Crippen LogP) is 4.43. The molecular formula is C14H20Cl3NO2. The smallest absolute Gasteiger partial charge is 0.139 e. The third-order valence-corrected chi connectivity index (χ3v) is 3.63. The van der Waals surface area contributed by atoms with Crippen molar-refractivity contribution in [3.63, 3.8) is 0 Å². The van der Waals surface area contributed by atoms with Gasteiger partial charge in [-0.15, -0.1) is 0 Å². The van der Waals surface area contributed by atoms with E-state index in [0.717, 1.165) is 39.1 Å². The van der Waals surface area contributed by atoms with Gasteiger partial charge in [-0.25, -0.2) is 0 Å². The van der Waals surface area contributed by atoms with E-state index in [-0.39, 0.29) is 0 Å². The van der Waals surface area contributed by atoms with Gasteiger partial charge < -0.3 is 14.8 Å². The van der Waals surface area contributed by atoms with Gasteiger partial charge in [-0.1, -0.05) is 34.8 Å². The Bertz CT molecular complexity index is 402. The Morgan fingerprint density at radius 1 is 0.950 bits per heavy atom. The van der Waals surface area contributed by atoms with E-state index in [1.54, 1.807) is 12.1 Å². The molecule has 1 aromatic rings. The summed E-state index contributed by atoms with van der Waals surface area (Å²) in [5.41, 5.74) is 0. The van der Waals surface area contributed by atoms with Crippen molar-refractivity contribution in [1.82, 2.24) is 5.32 Å². The van der Waals surface area contributed by atoms with Gasteiger partial charge >= 0.3 is 0 Å². The van der Waals surface area contributed by atoms with E-state index in [0.29, 0.717) is 27.4 Å². The van der Waals surface area contributed by atoms with Crippen LogP contribution in [0.4, 0.5) is 0 Å². The van der Waals surface area contributed by atoms with Crippen molar-refractivity contribution in [1.29, 1.82) is 0 Å². The van der Waals surface area contributed by atoms with E-state index in [2.05, 4.69) is 5.32 Å². The highest BCUT2D eigenvalue weighted by molar-refractivity contribution is 6.43. The fourth-order valence-electron chi connectivity index (χ4n) is 1.57. The molecule has 20 heavy (non-hydrogen) atoms. The van der Waals surface area contributed by atoms with E-state index in [1.165, 1.54) is 0 Å². The molecule has 0 atom stereocenters. The molecule has 0 unspecified atom stereocenters. The molecule has 0 saturated carbocycles. The zero-order chi connectivity index (χ0) is 14.8. The molecule has 0 radical (unpaired) electrons. The van der Waals surface area contributed by atoms with Crippen LogP contribution in [0.25, 0.3) is 0 Å². The second kappa shape index (κ2) is 10.5. The molecule has 6 heteroatoms. The lowest BCUT2D eigenvalue weighted by atomic mass is 10.3. The zero-order valence-corrected chi connectivity index (χ0v) is 13.8. The van der Waals surface area contributed by atoms with Crippen molar-refractivity contribution in [2.45, 2.75) is 19.8 Å². The largest absolute Gasteiger partial charge is 0.491 e. The Hall–Kier alpha value is -0.190. The van der Waals surface area contributed by atoms with Crippen molar-refractivity contribution in [2.75, 3.05) is 32.9 Å². The average Bonchev–Trinajstić information content (AvgIpc) is 2.42. The first kappa shape index (κ1) is 17.9. The van der Waals surface area contributed by atoms with E-state index in [4.69, 9.17) is 44.3 Å². The van der Waals surface area contributed by atoms with Crippen molar-refractivity contribution in [2.24, 2.45) is 0 Å². The van der Waals surface area contributed by atoms with Crippen LogP contribution < -0.4 is 10.1 Å². The number of benzene rings is 1. The van der Waals surface area contributed by atoms with Gasteiger partial charge in [0.05, 0.1) is 15.1 Å². The average molecular weight is 341 g/mol.